The number of benzene rings is 3. The summed E-state index contributed by atoms with van der Waals surface area (Å²) in [6.45, 7) is 12.6. The number of nitrogens with zero attached hydrogens (tertiary/aromatic N) is 8. The standard InChI is InChI=1S/C48H50F2N10O5/c1-25-18-32(19-26(2)40(25)49)60-42(58-16-15-57(46(58)63)37-11-10-36-33(41(37)50)24-51-55(36)7)39-28(4)56(14-12-34(39)53-60)43(61)38-21-31-20-29(30-13-17-64-47(5,6)23-30)8-9-35(31)59(38)48(22-27(48)3)44-52-45(62)65-54-44/h8-11,15-16,18-21,24,27-28,30,44,54H,12-14,17,22-23H2,1-7H3,(H,52,62)/t27-,28-,30-,44?,48-/m0/s1. The Kier molecular flexibility index (Phi) is 9.15. The molecule has 3 aromatic carbocycles. The van der Waals surface area contributed by atoms with Crippen molar-refractivity contribution in [3.8, 4) is 17.2 Å². The highest BCUT2D eigenvalue weighted by Gasteiger charge is 2.62. The zero-order valence-corrected chi connectivity index (χ0v) is 37.3. The van der Waals surface area contributed by atoms with E-state index in [1.54, 1.807) is 60.7 Å². The van der Waals surface area contributed by atoms with Gasteiger partial charge in [-0.2, -0.15) is 10.2 Å². The first kappa shape index (κ1) is 41.1. The number of carbonyl (C=O) groups excluding carboxylic acids is 2. The number of aryl methyl sites for hydroxylation is 3. The lowest BCUT2D eigenvalue weighted by Gasteiger charge is -2.36. The minimum Gasteiger partial charge on any atom is -0.376 e. The zero-order chi connectivity index (χ0) is 45.4. The van der Waals surface area contributed by atoms with E-state index in [0.717, 1.165) is 23.7 Å². The van der Waals surface area contributed by atoms with Crippen LogP contribution in [0, 0.1) is 31.4 Å². The third kappa shape index (κ3) is 6.21. The number of hydroxylamine groups is 1. The van der Waals surface area contributed by atoms with Crippen molar-refractivity contribution in [2.24, 2.45) is 13.0 Å². The summed E-state index contributed by atoms with van der Waals surface area (Å²) < 4.78 is 45.3. The van der Waals surface area contributed by atoms with Gasteiger partial charge in [0.15, 0.2) is 5.82 Å². The van der Waals surface area contributed by atoms with E-state index >= 15 is 13.6 Å². The molecule has 0 spiro atoms. The lowest BCUT2D eigenvalue weighted by Crippen LogP contribution is -2.49. The highest BCUT2D eigenvalue weighted by Crippen LogP contribution is 2.55. The Bertz CT molecular complexity index is 3190. The van der Waals surface area contributed by atoms with Crippen LogP contribution >= 0.6 is 0 Å². The molecule has 336 valence electrons. The fraction of sp³-hybridized carbons (Fsp3) is 0.396. The molecule has 7 heterocycles. The van der Waals surface area contributed by atoms with Gasteiger partial charge in [0, 0.05) is 55.5 Å². The molecule has 4 aliphatic rings. The van der Waals surface area contributed by atoms with Gasteiger partial charge in [0.1, 0.15) is 23.5 Å². The summed E-state index contributed by atoms with van der Waals surface area (Å²) in [4.78, 5) is 49.7. The lowest BCUT2D eigenvalue weighted by molar-refractivity contribution is -0.0592. The van der Waals surface area contributed by atoms with Gasteiger partial charge in [0.25, 0.3) is 5.91 Å². The number of imidazole rings is 1. The monoisotopic (exact) mass is 884 g/mol. The Morgan fingerprint density at radius 2 is 1.68 bits per heavy atom. The molecule has 0 bridgehead atoms. The lowest BCUT2D eigenvalue weighted by atomic mass is 9.83. The molecule has 1 aliphatic carbocycles. The first-order valence-electron chi connectivity index (χ1n) is 22.2. The van der Waals surface area contributed by atoms with Crippen molar-refractivity contribution in [1.82, 2.24) is 49.0 Å². The first-order valence-corrected chi connectivity index (χ1v) is 22.2. The number of rotatable bonds is 7. The van der Waals surface area contributed by atoms with Crippen LogP contribution < -0.4 is 16.5 Å². The number of fused-ring (bicyclic) bond motifs is 3. The summed E-state index contributed by atoms with van der Waals surface area (Å²) in [6, 6.07) is 14.4. The van der Waals surface area contributed by atoms with Gasteiger partial charge in [-0.3, -0.25) is 23.9 Å². The molecule has 1 unspecified atom stereocenters. The maximum Gasteiger partial charge on any atom is 0.427 e. The van der Waals surface area contributed by atoms with E-state index in [9.17, 15) is 9.59 Å². The Hall–Kier alpha value is -6.59. The zero-order valence-electron chi connectivity index (χ0n) is 37.3. The van der Waals surface area contributed by atoms with Crippen LogP contribution in [0.4, 0.5) is 13.6 Å². The molecule has 7 aromatic rings. The second kappa shape index (κ2) is 14.5. The number of aromatic nitrogens is 7. The molecule has 1 saturated carbocycles. The molecule has 2 saturated heterocycles. The van der Waals surface area contributed by atoms with Crippen LogP contribution in [0.15, 0.2) is 71.9 Å². The third-order valence-corrected chi connectivity index (χ3v) is 14.5. The average Bonchev–Trinajstić information content (AvgIpc) is 3.90. The number of hydrogen-bond donors (Lipinski definition) is 2. The summed E-state index contributed by atoms with van der Waals surface area (Å²) in [7, 11) is 1.72. The average molecular weight is 885 g/mol. The van der Waals surface area contributed by atoms with Crippen LogP contribution in [0.3, 0.4) is 0 Å². The molecular weight excluding hydrogens is 835 g/mol. The molecule has 5 atom stereocenters. The predicted molar refractivity (Wildman–Crippen MR) is 238 cm³/mol. The molecule has 3 aliphatic heterocycles. The van der Waals surface area contributed by atoms with Gasteiger partial charge < -0.3 is 19.0 Å². The fourth-order valence-corrected chi connectivity index (χ4v) is 11.0. The predicted octanol–water partition coefficient (Wildman–Crippen LogP) is 7.29. The number of amides is 2. The highest BCUT2D eigenvalue weighted by molar-refractivity contribution is 6.00. The van der Waals surface area contributed by atoms with Crippen LogP contribution in [-0.2, 0) is 28.6 Å². The third-order valence-electron chi connectivity index (χ3n) is 14.5. The van der Waals surface area contributed by atoms with Crippen molar-refractivity contribution in [3.05, 3.63) is 123 Å². The van der Waals surface area contributed by atoms with Crippen LogP contribution in [0.25, 0.3) is 39.0 Å². The van der Waals surface area contributed by atoms with Crippen molar-refractivity contribution in [3.63, 3.8) is 0 Å². The molecule has 4 aromatic heterocycles. The van der Waals surface area contributed by atoms with E-state index in [0.29, 0.717) is 71.1 Å². The normalized spacial score (nSPS) is 23.8. The maximum atomic E-state index is 16.1. The van der Waals surface area contributed by atoms with E-state index < -0.39 is 35.3 Å². The number of carbonyl (C=O) groups is 2. The Labute approximate surface area is 372 Å². The molecule has 2 N–H and O–H groups in total. The van der Waals surface area contributed by atoms with Crippen LogP contribution in [-0.4, -0.2) is 75.1 Å². The van der Waals surface area contributed by atoms with Crippen LogP contribution in [0.1, 0.15) is 97.4 Å². The van der Waals surface area contributed by atoms with Crippen LogP contribution in [0.5, 0.6) is 0 Å². The molecule has 17 heteroatoms. The van der Waals surface area contributed by atoms with Gasteiger partial charge in [-0.15, -0.1) is 5.48 Å². The Morgan fingerprint density at radius 1 is 0.938 bits per heavy atom. The van der Waals surface area contributed by atoms with Crippen molar-refractivity contribution >= 4 is 33.8 Å². The summed E-state index contributed by atoms with van der Waals surface area (Å²) in [5.74, 6) is -0.475. The Morgan fingerprint density at radius 3 is 2.38 bits per heavy atom. The first-order chi connectivity index (χ1) is 31.1. The number of nitrogens with one attached hydrogen (secondary N) is 2. The van der Waals surface area contributed by atoms with Crippen molar-refractivity contribution in [1.29, 1.82) is 0 Å². The molecular formula is C48H50F2N10O5. The quantitative estimate of drug-likeness (QED) is 0.170. The molecule has 65 heavy (non-hydrogen) atoms. The van der Waals surface area contributed by atoms with Gasteiger partial charge in [0.2, 0.25) is 0 Å². The second-order valence-corrected chi connectivity index (χ2v) is 19.0. The van der Waals surface area contributed by atoms with E-state index in [-0.39, 0.29) is 40.2 Å². The van der Waals surface area contributed by atoms with Crippen LogP contribution in [0.2, 0.25) is 0 Å². The SMILES string of the molecule is Cc1cc(-n2nc3c(c2-n2ccn(-c4ccc5c(cnn5C)c4F)c2=O)[C@H](C)N(C(=O)c2cc4cc([C@H]5CCOC(C)(C)C5)ccc4n2[C@@]2(C4NOC(=O)N4)C[C@@H]2C)CC3)cc(C)c1F. The Balaban J connectivity index is 1.05. The minimum atomic E-state index is -0.718. The minimum absolute atomic E-state index is 0.0469. The fourth-order valence-electron chi connectivity index (χ4n) is 11.0. The number of ether oxygens (including phenoxy) is 1. The van der Waals surface area contributed by atoms with Gasteiger partial charge in [-0.1, -0.05) is 13.0 Å². The topological polar surface area (TPSA) is 147 Å². The molecule has 3 fully saturated rings. The highest BCUT2D eigenvalue weighted by atomic mass is 19.1. The molecule has 2 amide bonds. The van der Waals surface area contributed by atoms with E-state index in [1.807, 2.05) is 17.9 Å². The molecule has 0 radical (unpaired) electrons. The van der Waals surface area contributed by atoms with E-state index in [2.05, 4.69) is 59.4 Å². The maximum absolute atomic E-state index is 16.1. The van der Waals surface area contributed by atoms with E-state index in [4.69, 9.17) is 14.7 Å². The molecule has 11 rings (SSSR count). The van der Waals surface area contributed by atoms with Gasteiger partial charge in [-0.05, 0) is 125 Å². The summed E-state index contributed by atoms with van der Waals surface area (Å²) in [5, 5.41) is 13.4. The largest absolute Gasteiger partial charge is 0.427 e. The van der Waals surface area contributed by atoms with Gasteiger partial charge in [-0.25, -0.2) is 23.1 Å². The van der Waals surface area contributed by atoms with Crippen molar-refractivity contribution in [2.45, 2.75) is 96.5 Å². The van der Waals surface area contributed by atoms with Crippen molar-refractivity contribution < 1.29 is 27.9 Å². The molecule has 15 nitrogen and oxygen atoms in total. The summed E-state index contributed by atoms with van der Waals surface area (Å²) >= 11 is 0. The van der Waals surface area contributed by atoms with Gasteiger partial charge >= 0.3 is 11.8 Å². The van der Waals surface area contributed by atoms with Crippen molar-refractivity contribution in [2.75, 3.05) is 13.2 Å². The summed E-state index contributed by atoms with van der Waals surface area (Å²) in [6.07, 6.45) is 6.11. The smallest absolute Gasteiger partial charge is 0.376 e. The second-order valence-electron chi connectivity index (χ2n) is 19.0. The summed E-state index contributed by atoms with van der Waals surface area (Å²) in [5.41, 5.74) is 7.11. The number of hydrogen-bond acceptors (Lipinski definition) is 8. The number of halogens is 2. The van der Waals surface area contributed by atoms with E-state index in [1.165, 1.54) is 27.1 Å². The van der Waals surface area contributed by atoms with Gasteiger partial charge in [0.05, 0.1) is 51.4 Å².